The number of hydrogen-bond donors (Lipinski definition) is 2. The molecule has 29 heavy (non-hydrogen) atoms. The number of likely N-dealkylation sites (tertiary alicyclic amines) is 1. The number of halogens is 2. The molecule has 0 saturated carbocycles. The first kappa shape index (κ1) is 19.5. The number of carbonyl (C=O) groups is 2. The Morgan fingerprint density at radius 3 is 2.52 bits per heavy atom. The van der Waals surface area contributed by atoms with Gasteiger partial charge in [0, 0.05) is 41.9 Å². The van der Waals surface area contributed by atoms with Crippen LogP contribution in [0.25, 0.3) is 0 Å². The fourth-order valence-electron chi connectivity index (χ4n) is 3.92. The van der Waals surface area contributed by atoms with E-state index in [1.165, 1.54) is 4.90 Å². The molecule has 2 N–H and O–H groups in total. The van der Waals surface area contributed by atoms with Gasteiger partial charge in [0.2, 0.25) is 0 Å². The van der Waals surface area contributed by atoms with Crippen molar-refractivity contribution in [1.82, 2.24) is 25.3 Å². The molecule has 0 spiro atoms. The fraction of sp³-hybridized carbons (Fsp3) is 0.450. The van der Waals surface area contributed by atoms with E-state index in [-0.39, 0.29) is 29.8 Å². The normalized spacial score (nSPS) is 17.8. The van der Waals surface area contributed by atoms with E-state index in [1.54, 1.807) is 0 Å². The van der Waals surface area contributed by atoms with E-state index in [4.69, 9.17) is 0 Å². The third-order valence-electron chi connectivity index (χ3n) is 5.60. The molecular formula is C20H23F2N5O2. The van der Waals surface area contributed by atoms with Gasteiger partial charge in [0.25, 0.3) is 11.8 Å². The van der Waals surface area contributed by atoms with Crippen molar-refractivity contribution in [3.05, 3.63) is 52.3 Å². The number of nitrogens with one attached hydrogen (secondary N) is 2. The van der Waals surface area contributed by atoms with Crippen molar-refractivity contribution in [2.24, 2.45) is 0 Å². The van der Waals surface area contributed by atoms with Gasteiger partial charge in [-0.05, 0) is 45.1 Å². The van der Waals surface area contributed by atoms with Crippen molar-refractivity contribution in [3.8, 4) is 0 Å². The number of H-pyrrole nitrogens is 1. The van der Waals surface area contributed by atoms with Crippen molar-refractivity contribution in [2.75, 3.05) is 26.7 Å². The standard InChI is InChI=1S/C20H23F2N5O2/c1-26-5-2-15(3-6-26)23-19(28)18-16-11-27(7-4-17(16)24-25-18)20(29)12-8-13(21)10-14(22)9-12/h8-10,15H,2-7,11H2,1H3,(H,23,28)(H,24,25). The summed E-state index contributed by atoms with van der Waals surface area (Å²) in [5.74, 6) is -2.33. The average Bonchev–Trinajstić information content (AvgIpc) is 3.11. The van der Waals surface area contributed by atoms with Crippen LogP contribution in [0.4, 0.5) is 8.78 Å². The predicted octanol–water partition coefficient (Wildman–Crippen LogP) is 1.71. The van der Waals surface area contributed by atoms with E-state index >= 15 is 0 Å². The molecule has 0 bridgehead atoms. The molecule has 3 heterocycles. The molecule has 0 atom stereocenters. The second-order valence-electron chi connectivity index (χ2n) is 7.72. The van der Waals surface area contributed by atoms with Gasteiger partial charge in [0.05, 0.1) is 6.54 Å². The van der Waals surface area contributed by atoms with Gasteiger partial charge in [-0.15, -0.1) is 0 Å². The summed E-state index contributed by atoms with van der Waals surface area (Å²) in [6.45, 7) is 2.40. The number of amides is 2. The van der Waals surface area contributed by atoms with Gasteiger partial charge < -0.3 is 15.1 Å². The Bertz CT molecular complexity index is 917. The number of fused-ring (bicyclic) bond motifs is 1. The lowest BCUT2D eigenvalue weighted by Crippen LogP contribution is -2.44. The van der Waals surface area contributed by atoms with Gasteiger partial charge in [-0.3, -0.25) is 14.7 Å². The van der Waals surface area contributed by atoms with Crippen LogP contribution in [0.3, 0.4) is 0 Å². The highest BCUT2D eigenvalue weighted by atomic mass is 19.1. The fourth-order valence-corrected chi connectivity index (χ4v) is 3.92. The minimum atomic E-state index is -0.799. The summed E-state index contributed by atoms with van der Waals surface area (Å²) >= 11 is 0. The van der Waals surface area contributed by atoms with Crippen LogP contribution in [0.2, 0.25) is 0 Å². The summed E-state index contributed by atoms with van der Waals surface area (Å²) in [5.41, 5.74) is 1.70. The van der Waals surface area contributed by atoms with Gasteiger partial charge in [-0.1, -0.05) is 0 Å². The summed E-state index contributed by atoms with van der Waals surface area (Å²) in [6.07, 6.45) is 2.25. The first-order chi connectivity index (χ1) is 13.9. The van der Waals surface area contributed by atoms with E-state index in [0.29, 0.717) is 18.5 Å². The zero-order chi connectivity index (χ0) is 20.5. The van der Waals surface area contributed by atoms with Crippen LogP contribution < -0.4 is 5.32 Å². The molecule has 2 aliphatic rings. The average molecular weight is 403 g/mol. The van der Waals surface area contributed by atoms with Crippen LogP contribution in [0, 0.1) is 11.6 Å². The Morgan fingerprint density at radius 1 is 1.14 bits per heavy atom. The van der Waals surface area contributed by atoms with Gasteiger partial charge in [0.1, 0.15) is 11.6 Å². The highest BCUT2D eigenvalue weighted by Gasteiger charge is 2.30. The number of aromatic amines is 1. The molecule has 1 fully saturated rings. The highest BCUT2D eigenvalue weighted by Crippen LogP contribution is 2.23. The van der Waals surface area contributed by atoms with Crippen LogP contribution in [0.5, 0.6) is 0 Å². The molecule has 1 aromatic heterocycles. The van der Waals surface area contributed by atoms with E-state index in [1.807, 2.05) is 0 Å². The van der Waals surface area contributed by atoms with Crippen LogP contribution >= 0.6 is 0 Å². The van der Waals surface area contributed by atoms with Crippen molar-refractivity contribution in [1.29, 1.82) is 0 Å². The molecule has 7 nitrogen and oxygen atoms in total. The maximum absolute atomic E-state index is 13.5. The number of rotatable bonds is 3. The summed E-state index contributed by atoms with van der Waals surface area (Å²) in [7, 11) is 2.05. The summed E-state index contributed by atoms with van der Waals surface area (Å²) in [6, 6.07) is 2.86. The number of benzene rings is 1. The molecule has 9 heteroatoms. The maximum atomic E-state index is 13.5. The van der Waals surface area contributed by atoms with Crippen molar-refractivity contribution in [3.63, 3.8) is 0 Å². The minimum absolute atomic E-state index is 0.0493. The molecule has 1 saturated heterocycles. The lowest BCUT2D eigenvalue weighted by molar-refractivity contribution is 0.0729. The topological polar surface area (TPSA) is 81.3 Å². The number of aromatic nitrogens is 2. The summed E-state index contributed by atoms with van der Waals surface area (Å²) in [5, 5.41) is 10.1. The van der Waals surface area contributed by atoms with Crippen LogP contribution in [-0.2, 0) is 13.0 Å². The van der Waals surface area contributed by atoms with Gasteiger partial charge in [-0.25, -0.2) is 8.78 Å². The molecule has 2 amide bonds. The summed E-state index contributed by atoms with van der Waals surface area (Å²) in [4.78, 5) is 29.2. The zero-order valence-corrected chi connectivity index (χ0v) is 16.2. The van der Waals surface area contributed by atoms with Crippen LogP contribution in [-0.4, -0.2) is 64.5 Å². The number of piperidine rings is 1. The molecule has 0 aliphatic carbocycles. The summed E-state index contributed by atoms with van der Waals surface area (Å²) < 4.78 is 27.0. The molecule has 2 aromatic rings. The second-order valence-corrected chi connectivity index (χ2v) is 7.72. The maximum Gasteiger partial charge on any atom is 0.272 e. The van der Waals surface area contributed by atoms with Crippen LogP contribution in [0.15, 0.2) is 18.2 Å². The first-order valence-corrected chi connectivity index (χ1v) is 9.71. The van der Waals surface area contributed by atoms with E-state index in [2.05, 4.69) is 27.5 Å². The van der Waals surface area contributed by atoms with E-state index in [9.17, 15) is 18.4 Å². The van der Waals surface area contributed by atoms with Crippen LogP contribution in [0.1, 0.15) is 44.9 Å². The lowest BCUT2D eigenvalue weighted by Gasteiger charge is -2.30. The highest BCUT2D eigenvalue weighted by molar-refractivity contribution is 5.96. The van der Waals surface area contributed by atoms with Gasteiger partial charge in [0.15, 0.2) is 5.69 Å². The molecule has 0 radical (unpaired) electrons. The Kier molecular flexibility index (Phi) is 5.31. The minimum Gasteiger partial charge on any atom is -0.348 e. The number of nitrogens with zero attached hydrogens (tertiary/aromatic N) is 3. The monoisotopic (exact) mass is 403 g/mol. The Labute approximate surface area is 167 Å². The van der Waals surface area contributed by atoms with E-state index < -0.39 is 17.5 Å². The molecule has 154 valence electrons. The first-order valence-electron chi connectivity index (χ1n) is 9.71. The van der Waals surface area contributed by atoms with Gasteiger partial charge >= 0.3 is 0 Å². The lowest BCUT2D eigenvalue weighted by atomic mass is 10.0. The largest absolute Gasteiger partial charge is 0.348 e. The zero-order valence-electron chi connectivity index (χ0n) is 16.2. The third-order valence-corrected chi connectivity index (χ3v) is 5.60. The predicted molar refractivity (Wildman–Crippen MR) is 101 cm³/mol. The molecule has 0 unspecified atom stereocenters. The second kappa shape index (κ2) is 7.90. The Balaban J connectivity index is 1.48. The van der Waals surface area contributed by atoms with Crippen molar-refractivity contribution < 1.29 is 18.4 Å². The SMILES string of the molecule is CN1CCC(NC(=O)c2n[nH]c3c2CN(C(=O)c2cc(F)cc(F)c2)CC3)CC1. The molecule has 4 rings (SSSR count). The smallest absolute Gasteiger partial charge is 0.272 e. The molecule has 2 aliphatic heterocycles. The molecular weight excluding hydrogens is 380 g/mol. The Morgan fingerprint density at radius 2 is 1.83 bits per heavy atom. The van der Waals surface area contributed by atoms with Gasteiger partial charge in [-0.2, -0.15) is 5.10 Å². The molecule has 1 aromatic carbocycles. The van der Waals surface area contributed by atoms with Crippen molar-refractivity contribution in [2.45, 2.75) is 31.8 Å². The Hall–Kier alpha value is -2.81. The van der Waals surface area contributed by atoms with Crippen molar-refractivity contribution >= 4 is 11.8 Å². The third kappa shape index (κ3) is 4.14. The quantitative estimate of drug-likeness (QED) is 0.818. The number of carbonyl (C=O) groups excluding carboxylic acids is 2. The van der Waals surface area contributed by atoms with E-state index in [0.717, 1.165) is 49.8 Å². The number of hydrogen-bond acceptors (Lipinski definition) is 4.